The minimum Gasteiger partial charge on any atom is -0.378 e. The van der Waals surface area contributed by atoms with Gasteiger partial charge in [-0.1, -0.05) is 6.92 Å². The summed E-state index contributed by atoms with van der Waals surface area (Å²) in [6.07, 6.45) is 6.52. The molecule has 104 valence electrons. The van der Waals surface area contributed by atoms with Gasteiger partial charge in [0.25, 0.3) is 0 Å². The van der Waals surface area contributed by atoms with E-state index in [9.17, 15) is 4.79 Å². The van der Waals surface area contributed by atoms with Crippen molar-refractivity contribution >= 4 is 5.91 Å². The number of ether oxygens (including phenoxy) is 1. The van der Waals surface area contributed by atoms with Gasteiger partial charge in [-0.2, -0.15) is 0 Å². The number of nitrogens with zero attached hydrogens (tertiary/aromatic N) is 1. The maximum Gasteiger partial charge on any atom is 0.225 e. The van der Waals surface area contributed by atoms with Gasteiger partial charge in [0.2, 0.25) is 5.91 Å². The molecule has 1 amide bonds. The Morgan fingerprint density at radius 1 is 1.28 bits per heavy atom. The first-order valence-electron chi connectivity index (χ1n) is 7.43. The molecule has 1 saturated heterocycles. The van der Waals surface area contributed by atoms with E-state index in [1.54, 1.807) is 0 Å². The second-order valence-electron chi connectivity index (χ2n) is 5.39. The number of carbonyl (C=O) groups excluding carboxylic acids is 1. The van der Waals surface area contributed by atoms with E-state index in [1.165, 1.54) is 12.8 Å². The zero-order valence-electron chi connectivity index (χ0n) is 11.5. The van der Waals surface area contributed by atoms with Crippen LogP contribution in [0.15, 0.2) is 0 Å². The van der Waals surface area contributed by atoms with Crippen LogP contribution in [-0.2, 0) is 9.53 Å². The quantitative estimate of drug-likeness (QED) is 0.749. The first-order chi connectivity index (χ1) is 8.81. The average molecular weight is 254 g/mol. The third kappa shape index (κ3) is 4.25. The summed E-state index contributed by atoms with van der Waals surface area (Å²) in [7, 11) is 0. The fourth-order valence-electron chi connectivity index (χ4n) is 2.56. The number of piperidine rings is 1. The van der Waals surface area contributed by atoms with E-state index in [0.717, 1.165) is 38.9 Å². The molecule has 2 fully saturated rings. The summed E-state index contributed by atoms with van der Waals surface area (Å²) in [5.74, 6) is 0.285. The van der Waals surface area contributed by atoms with E-state index >= 15 is 0 Å². The lowest BCUT2D eigenvalue weighted by Crippen LogP contribution is -2.36. The minimum atomic E-state index is 0.285. The maximum atomic E-state index is 12.1. The molecule has 0 bridgehead atoms. The summed E-state index contributed by atoms with van der Waals surface area (Å²) in [5.41, 5.74) is 0. The minimum absolute atomic E-state index is 0.285. The zero-order chi connectivity index (χ0) is 12.8. The lowest BCUT2D eigenvalue weighted by Gasteiger charge is -2.24. The Morgan fingerprint density at radius 3 is 2.61 bits per heavy atom. The first-order valence-corrected chi connectivity index (χ1v) is 7.43. The Balaban J connectivity index is 1.63. The Kier molecular flexibility index (Phi) is 5.45. The molecule has 1 N–H and O–H groups in total. The van der Waals surface area contributed by atoms with Gasteiger partial charge < -0.3 is 15.0 Å². The van der Waals surface area contributed by atoms with Gasteiger partial charge in [-0.15, -0.1) is 0 Å². The fraction of sp³-hybridized carbons (Fsp3) is 0.929. The third-order valence-corrected chi connectivity index (χ3v) is 3.73. The second kappa shape index (κ2) is 7.10. The summed E-state index contributed by atoms with van der Waals surface area (Å²) in [6.45, 7) is 5.73. The van der Waals surface area contributed by atoms with E-state index in [2.05, 4.69) is 17.1 Å². The second-order valence-corrected chi connectivity index (χ2v) is 5.39. The van der Waals surface area contributed by atoms with Gasteiger partial charge in [-0.25, -0.2) is 0 Å². The number of amides is 1. The average Bonchev–Trinajstić information content (AvgIpc) is 3.21. The van der Waals surface area contributed by atoms with Gasteiger partial charge in [0.15, 0.2) is 0 Å². The van der Waals surface area contributed by atoms with E-state index in [4.69, 9.17) is 4.74 Å². The highest BCUT2D eigenvalue weighted by atomic mass is 16.5. The normalized spacial score (nSPS) is 20.9. The molecule has 0 atom stereocenters. The van der Waals surface area contributed by atoms with Crippen molar-refractivity contribution in [3.8, 4) is 0 Å². The molecule has 2 rings (SSSR count). The highest BCUT2D eigenvalue weighted by Gasteiger charge is 2.31. The Labute approximate surface area is 110 Å². The summed E-state index contributed by atoms with van der Waals surface area (Å²) in [5, 5.41) is 3.32. The lowest BCUT2D eigenvalue weighted by atomic mass is 10.1. The van der Waals surface area contributed by atoms with Crippen molar-refractivity contribution in [2.45, 2.75) is 57.6 Å². The predicted molar refractivity (Wildman–Crippen MR) is 71.5 cm³/mol. The van der Waals surface area contributed by atoms with Crippen LogP contribution in [0, 0.1) is 0 Å². The smallest absolute Gasteiger partial charge is 0.225 e. The fourth-order valence-corrected chi connectivity index (χ4v) is 2.56. The molecule has 0 unspecified atom stereocenters. The summed E-state index contributed by atoms with van der Waals surface area (Å²) in [4.78, 5) is 14.2. The molecular formula is C14H26N2O2. The van der Waals surface area contributed by atoms with Crippen molar-refractivity contribution in [1.82, 2.24) is 10.2 Å². The first kappa shape index (κ1) is 13.8. The number of nitrogens with one attached hydrogen (secondary N) is 1. The molecule has 1 heterocycles. The van der Waals surface area contributed by atoms with Crippen LogP contribution in [0.2, 0.25) is 0 Å². The number of rotatable bonds is 7. The molecule has 1 aliphatic carbocycles. The third-order valence-electron chi connectivity index (χ3n) is 3.73. The van der Waals surface area contributed by atoms with Gasteiger partial charge in [0, 0.05) is 12.6 Å². The standard InChI is InChI=1S/C14H26N2O2/c1-2-10-16(12-3-4-12)14(17)7-11-18-13-5-8-15-9-6-13/h12-13,15H,2-11H2,1H3. The van der Waals surface area contributed by atoms with Crippen LogP contribution in [0.3, 0.4) is 0 Å². The molecule has 4 heteroatoms. The van der Waals surface area contributed by atoms with Crippen LogP contribution in [0.1, 0.15) is 45.4 Å². The molecule has 0 radical (unpaired) electrons. The number of hydrogen-bond acceptors (Lipinski definition) is 3. The van der Waals surface area contributed by atoms with E-state index in [1.807, 2.05) is 0 Å². The Morgan fingerprint density at radius 2 is 2.00 bits per heavy atom. The maximum absolute atomic E-state index is 12.1. The van der Waals surface area contributed by atoms with Crippen LogP contribution < -0.4 is 5.32 Å². The highest BCUT2D eigenvalue weighted by Crippen LogP contribution is 2.27. The van der Waals surface area contributed by atoms with Crippen molar-refractivity contribution in [3.63, 3.8) is 0 Å². The van der Waals surface area contributed by atoms with Crippen LogP contribution in [-0.4, -0.2) is 49.2 Å². The lowest BCUT2D eigenvalue weighted by molar-refractivity contribution is -0.133. The van der Waals surface area contributed by atoms with Crippen molar-refractivity contribution < 1.29 is 9.53 Å². The van der Waals surface area contributed by atoms with Gasteiger partial charge in [0.05, 0.1) is 19.1 Å². The molecule has 0 aromatic carbocycles. The molecule has 1 saturated carbocycles. The van der Waals surface area contributed by atoms with Crippen molar-refractivity contribution in [3.05, 3.63) is 0 Å². The van der Waals surface area contributed by atoms with Gasteiger partial charge in [-0.05, 0) is 45.2 Å². The number of carbonyl (C=O) groups is 1. The van der Waals surface area contributed by atoms with E-state index in [0.29, 0.717) is 25.2 Å². The van der Waals surface area contributed by atoms with Gasteiger partial charge in [0.1, 0.15) is 0 Å². The van der Waals surface area contributed by atoms with E-state index < -0.39 is 0 Å². The van der Waals surface area contributed by atoms with E-state index in [-0.39, 0.29) is 5.91 Å². The van der Waals surface area contributed by atoms with Crippen LogP contribution in [0.5, 0.6) is 0 Å². The Bertz CT molecular complexity index is 261. The Hall–Kier alpha value is -0.610. The predicted octanol–water partition coefficient (Wildman–Crippen LogP) is 1.55. The molecule has 4 nitrogen and oxygen atoms in total. The van der Waals surface area contributed by atoms with Crippen molar-refractivity contribution in [1.29, 1.82) is 0 Å². The highest BCUT2D eigenvalue weighted by molar-refractivity contribution is 5.77. The molecular weight excluding hydrogens is 228 g/mol. The SMILES string of the molecule is CCCN(C(=O)CCOC1CCNCC1)C1CC1. The topological polar surface area (TPSA) is 41.6 Å². The molecule has 2 aliphatic rings. The van der Waals surface area contributed by atoms with Crippen LogP contribution in [0.25, 0.3) is 0 Å². The largest absolute Gasteiger partial charge is 0.378 e. The van der Waals surface area contributed by atoms with Crippen molar-refractivity contribution in [2.75, 3.05) is 26.2 Å². The van der Waals surface area contributed by atoms with Gasteiger partial charge >= 0.3 is 0 Å². The molecule has 18 heavy (non-hydrogen) atoms. The number of hydrogen-bond donors (Lipinski definition) is 1. The van der Waals surface area contributed by atoms with Crippen LogP contribution in [0.4, 0.5) is 0 Å². The van der Waals surface area contributed by atoms with Crippen molar-refractivity contribution in [2.24, 2.45) is 0 Å². The summed E-state index contributed by atoms with van der Waals surface area (Å²) in [6, 6.07) is 0.538. The molecule has 0 spiro atoms. The van der Waals surface area contributed by atoms with Crippen LogP contribution >= 0.6 is 0 Å². The van der Waals surface area contributed by atoms with Gasteiger partial charge in [-0.3, -0.25) is 4.79 Å². The zero-order valence-corrected chi connectivity index (χ0v) is 11.5. The monoisotopic (exact) mass is 254 g/mol. The molecule has 1 aliphatic heterocycles. The summed E-state index contributed by atoms with van der Waals surface area (Å²) < 4.78 is 5.79. The molecule has 0 aromatic rings. The summed E-state index contributed by atoms with van der Waals surface area (Å²) >= 11 is 0. The molecule has 0 aromatic heterocycles.